The first-order chi connectivity index (χ1) is 9.79. The number of nitrogens with two attached hydrogens (primary N) is 1. The van der Waals surface area contributed by atoms with E-state index in [2.05, 4.69) is 15.4 Å². The van der Waals surface area contributed by atoms with Gasteiger partial charge in [0.1, 0.15) is 17.5 Å². The van der Waals surface area contributed by atoms with Crippen molar-refractivity contribution < 1.29 is 13.5 Å². The second kappa shape index (κ2) is 5.61. The molecule has 0 bridgehead atoms. The summed E-state index contributed by atoms with van der Waals surface area (Å²) in [5.41, 5.74) is 2.04. The van der Waals surface area contributed by atoms with Gasteiger partial charge in [0.2, 0.25) is 5.88 Å². The number of halogens is 2. The summed E-state index contributed by atoms with van der Waals surface area (Å²) in [4.78, 5) is 8.41. The van der Waals surface area contributed by atoms with Gasteiger partial charge in [0.15, 0.2) is 11.6 Å². The van der Waals surface area contributed by atoms with Crippen molar-refractivity contribution in [1.82, 2.24) is 9.97 Å². The summed E-state index contributed by atoms with van der Waals surface area (Å²) >= 11 is 0. The van der Waals surface area contributed by atoms with Crippen molar-refractivity contribution >= 4 is 5.82 Å². The van der Waals surface area contributed by atoms with Gasteiger partial charge < -0.3 is 10.2 Å². The van der Waals surface area contributed by atoms with Crippen molar-refractivity contribution in [2.45, 2.75) is 26.2 Å². The molecule has 3 N–H and O–H groups in total. The highest BCUT2D eigenvalue weighted by Gasteiger charge is 2.20. The van der Waals surface area contributed by atoms with Gasteiger partial charge in [-0.2, -0.15) is 4.98 Å². The molecular formula is C14H16F2N4O. The van der Waals surface area contributed by atoms with E-state index in [0.717, 1.165) is 18.2 Å². The predicted molar refractivity (Wildman–Crippen MR) is 75.0 cm³/mol. The van der Waals surface area contributed by atoms with Crippen LogP contribution in [0.15, 0.2) is 24.3 Å². The zero-order chi connectivity index (χ0) is 15.6. The van der Waals surface area contributed by atoms with Crippen molar-refractivity contribution in [3.63, 3.8) is 0 Å². The summed E-state index contributed by atoms with van der Waals surface area (Å²) < 4.78 is 32.1. The minimum Gasteiger partial charge on any atom is -0.436 e. The largest absolute Gasteiger partial charge is 0.436 e. The van der Waals surface area contributed by atoms with Crippen LogP contribution in [0.5, 0.6) is 11.6 Å². The average Bonchev–Trinajstić information content (AvgIpc) is 2.41. The Hall–Kier alpha value is -2.28. The maximum atomic E-state index is 13.6. The molecule has 0 atom stereocenters. The first kappa shape index (κ1) is 15.1. The average molecular weight is 294 g/mol. The number of nitrogens with zero attached hydrogens (tertiary/aromatic N) is 2. The third-order valence-electron chi connectivity index (χ3n) is 2.63. The lowest BCUT2D eigenvalue weighted by atomic mass is 9.96. The van der Waals surface area contributed by atoms with Crippen molar-refractivity contribution in [3.05, 3.63) is 41.7 Å². The van der Waals surface area contributed by atoms with Gasteiger partial charge in [0, 0.05) is 17.5 Å². The van der Waals surface area contributed by atoms with Crippen LogP contribution in [-0.2, 0) is 5.41 Å². The summed E-state index contributed by atoms with van der Waals surface area (Å²) in [5.74, 6) is 4.67. The van der Waals surface area contributed by atoms with Crippen LogP contribution in [0, 0.1) is 11.6 Å². The molecular weight excluding hydrogens is 278 g/mol. The van der Waals surface area contributed by atoms with E-state index >= 15 is 0 Å². The molecule has 0 aliphatic rings. The van der Waals surface area contributed by atoms with Crippen molar-refractivity contribution in [3.8, 4) is 11.6 Å². The first-order valence-corrected chi connectivity index (χ1v) is 6.28. The van der Waals surface area contributed by atoms with Gasteiger partial charge in [-0.1, -0.05) is 20.8 Å². The van der Waals surface area contributed by atoms with Crippen LogP contribution in [0.2, 0.25) is 0 Å². The van der Waals surface area contributed by atoms with Crippen molar-refractivity contribution in [2.24, 2.45) is 5.84 Å². The summed E-state index contributed by atoms with van der Waals surface area (Å²) in [6.45, 7) is 5.74. The maximum absolute atomic E-state index is 13.6. The highest BCUT2D eigenvalue weighted by molar-refractivity contribution is 5.40. The van der Waals surface area contributed by atoms with E-state index in [1.165, 1.54) is 6.07 Å². The quantitative estimate of drug-likeness (QED) is 0.672. The minimum atomic E-state index is -0.686. The van der Waals surface area contributed by atoms with Crippen LogP contribution >= 0.6 is 0 Å². The van der Waals surface area contributed by atoms with E-state index in [0.29, 0.717) is 11.6 Å². The van der Waals surface area contributed by atoms with Gasteiger partial charge in [0.25, 0.3) is 0 Å². The Morgan fingerprint density at radius 3 is 2.48 bits per heavy atom. The Morgan fingerprint density at radius 2 is 1.86 bits per heavy atom. The molecule has 0 fully saturated rings. The normalized spacial score (nSPS) is 11.3. The number of hydrogen-bond acceptors (Lipinski definition) is 5. The van der Waals surface area contributed by atoms with Crippen molar-refractivity contribution in [1.29, 1.82) is 0 Å². The molecule has 7 heteroatoms. The number of nitrogen functional groups attached to an aromatic ring is 1. The number of anilines is 1. The Morgan fingerprint density at radius 1 is 1.14 bits per heavy atom. The molecule has 0 saturated heterocycles. The van der Waals surface area contributed by atoms with Gasteiger partial charge in [-0.3, -0.25) is 0 Å². The molecule has 2 aromatic rings. The Kier molecular flexibility index (Phi) is 4.04. The molecule has 0 aliphatic heterocycles. The van der Waals surface area contributed by atoms with Crippen LogP contribution in [0.25, 0.3) is 0 Å². The van der Waals surface area contributed by atoms with Crippen LogP contribution < -0.4 is 16.0 Å². The highest BCUT2D eigenvalue weighted by Crippen LogP contribution is 2.28. The minimum absolute atomic E-state index is 0.0763. The smallest absolute Gasteiger partial charge is 0.224 e. The van der Waals surface area contributed by atoms with Crippen LogP contribution in [0.4, 0.5) is 14.6 Å². The topological polar surface area (TPSA) is 73.1 Å². The standard InChI is InChI=1S/C14H16F2N4O/c1-14(2,3)13-18-11(20-17)7-12(19-13)21-10-6-8(15)4-5-9(10)16/h4-7H,17H2,1-3H3,(H,18,19,20). The zero-order valence-corrected chi connectivity index (χ0v) is 11.9. The van der Waals surface area contributed by atoms with E-state index < -0.39 is 11.6 Å². The van der Waals surface area contributed by atoms with Gasteiger partial charge >= 0.3 is 0 Å². The number of hydrogen-bond donors (Lipinski definition) is 2. The van der Waals surface area contributed by atoms with Gasteiger partial charge in [-0.15, -0.1) is 0 Å². The fraction of sp³-hybridized carbons (Fsp3) is 0.286. The third-order valence-corrected chi connectivity index (χ3v) is 2.63. The number of hydrazine groups is 1. The fourth-order valence-electron chi connectivity index (χ4n) is 1.55. The summed E-state index contributed by atoms with van der Waals surface area (Å²) in [6, 6.07) is 4.34. The summed E-state index contributed by atoms with van der Waals surface area (Å²) in [6.07, 6.45) is 0. The highest BCUT2D eigenvalue weighted by atomic mass is 19.1. The van der Waals surface area contributed by atoms with Gasteiger partial charge in [0.05, 0.1) is 0 Å². The number of ether oxygens (including phenoxy) is 1. The number of rotatable bonds is 3. The van der Waals surface area contributed by atoms with Crippen molar-refractivity contribution in [2.75, 3.05) is 5.43 Å². The lowest BCUT2D eigenvalue weighted by molar-refractivity contribution is 0.413. The monoisotopic (exact) mass is 294 g/mol. The van der Waals surface area contributed by atoms with Gasteiger partial charge in [-0.25, -0.2) is 19.6 Å². The van der Waals surface area contributed by atoms with E-state index in [1.807, 2.05) is 20.8 Å². The first-order valence-electron chi connectivity index (χ1n) is 6.28. The molecule has 21 heavy (non-hydrogen) atoms. The Labute approximate surface area is 121 Å². The molecule has 0 amide bonds. The molecule has 1 heterocycles. The molecule has 112 valence electrons. The fourth-order valence-corrected chi connectivity index (χ4v) is 1.55. The van der Waals surface area contributed by atoms with E-state index in [-0.39, 0.29) is 17.0 Å². The molecule has 0 unspecified atom stereocenters. The number of benzene rings is 1. The molecule has 2 rings (SSSR count). The van der Waals surface area contributed by atoms with E-state index in [9.17, 15) is 8.78 Å². The second-order valence-electron chi connectivity index (χ2n) is 5.49. The van der Waals surface area contributed by atoms with E-state index in [1.54, 1.807) is 0 Å². The molecule has 0 aliphatic carbocycles. The SMILES string of the molecule is CC(C)(C)c1nc(NN)cc(Oc2cc(F)ccc2F)n1. The molecule has 0 radical (unpaired) electrons. The third kappa shape index (κ3) is 3.63. The van der Waals surface area contributed by atoms with Crippen LogP contribution in [0.1, 0.15) is 26.6 Å². The number of nitrogens with one attached hydrogen (secondary N) is 1. The van der Waals surface area contributed by atoms with Crippen LogP contribution in [-0.4, -0.2) is 9.97 Å². The molecule has 0 saturated carbocycles. The lowest BCUT2D eigenvalue weighted by Crippen LogP contribution is -2.19. The van der Waals surface area contributed by atoms with Gasteiger partial charge in [-0.05, 0) is 12.1 Å². The predicted octanol–water partition coefficient (Wildman–Crippen LogP) is 3.13. The Balaban J connectivity index is 2.42. The lowest BCUT2D eigenvalue weighted by Gasteiger charge is -2.18. The van der Waals surface area contributed by atoms with Crippen LogP contribution in [0.3, 0.4) is 0 Å². The molecule has 5 nitrogen and oxygen atoms in total. The van der Waals surface area contributed by atoms with E-state index in [4.69, 9.17) is 10.6 Å². The second-order valence-corrected chi connectivity index (χ2v) is 5.49. The number of aromatic nitrogens is 2. The zero-order valence-electron chi connectivity index (χ0n) is 11.9. The molecule has 1 aromatic carbocycles. The summed E-state index contributed by atoms with van der Waals surface area (Å²) in [5, 5.41) is 0. The maximum Gasteiger partial charge on any atom is 0.224 e. The summed E-state index contributed by atoms with van der Waals surface area (Å²) in [7, 11) is 0. The molecule has 1 aromatic heterocycles. The Bertz CT molecular complexity index is 656. The molecule has 0 spiro atoms.